The third kappa shape index (κ3) is 4.72. The molecule has 1 N–H and O–H groups in total. The van der Waals surface area contributed by atoms with Crippen LogP contribution >= 0.6 is 0 Å². The highest BCUT2D eigenvalue weighted by Gasteiger charge is 2.24. The number of likely N-dealkylation sites (tertiary alicyclic amines) is 1. The lowest BCUT2D eigenvalue weighted by atomic mass is 10.1. The van der Waals surface area contributed by atoms with Gasteiger partial charge in [-0.2, -0.15) is 0 Å². The Morgan fingerprint density at radius 2 is 2.18 bits per heavy atom. The number of carbonyl (C=O) groups excluding carboxylic acids is 1. The van der Waals surface area contributed by atoms with Gasteiger partial charge in [0.05, 0.1) is 12.7 Å². The number of fused-ring (bicyclic) bond motifs is 1. The second-order valence-corrected chi connectivity index (χ2v) is 7.05. The first-order valence-electron chi connectivity index (χ1n) is 9.70. The quantitative estimate of drug-likeness (QED) is 0.830. The molecule has 28 heavy (non-hydrogen) atoms. The predicted molar refractivity (Wildman–Crippen MR) is 103 cm³/mol. The topological polar surface area (TPSA) is 72.9 Å². The van der Waals surface area contributed by atoms with Gasteiger partial charge in [-0.1, -0.05) is 12.1 Å². The fourth-order valence-corrected chi connectivity index (χ4v) is 3.48. The molecule has 3 heterocycles. The smallest absolute Gasteiger partial charge is 0.317 e. The first kappa shape index (κ1) is 18.6. The van der Waals surface area contributed by atoms with Gasteiger partial charge in [0.2, 0.25) is 6.79 Å². The predicted octanol–water partition coefficient (Wildman–Crippen LogP) is 2.74. The number of hydrogen-bond donors (Lipinski definition) is 1. The summed E-state index contributed by atoms with van der Waals surface area (Å²) in [5, 5.41) is 3.01. The SMILES string of the molecule is O=C(NCCc1ccc2c(c1)OCO2)N1CCCC(OCc2cccnc2)C1. The molecule has 2 aliphatic heterocycles. The summed E-state index contributed by atoms with van der Waals surface area (Å²) >= 11 is 0. The Kier molecular flexibility index (Phi) is 5.92. The number of urea groups is 1. The summed E-state index contributed by atoms with van der Waals surface area (Å²) in [7, 11) is 0. The molecular weight excluding hydrogens is 358 g/mol. The van der Waals surface area contributed by atoms with Crippen LogP contribution in [0.1, 0.15) is 24.0 Å². The van der Waals surface area contributed by atoms with Crippen LogP contribution in [0.25, 0.3) is 0 Å². The lowest BCUT2D eigenvalue weighted by molar-refractivity contribution is -0.000401. The summed E-state index contributed by atoms with van der Waals surface area (Å²) in [6, 6.07) is 9.75. The van der Waals surface area contributed by atoms with Crippen molar-refractivity contribution in [3.05, 3.63) is 53.9 Å². The summed E-state index contributed by atoms with van der Waals surface area (Å²) < 4.78 is 16.7. The molecule has 2 aromatic rings. The average molecular weight is 383 g/mol. The lowest BCUT2D eigenvalue weighted by Crippen LogP contribution is -2.48. The molecule has 2 amide bonds. The van der Waals surface area contributed by atoms with Crippen LogP contribution < -0.4 is 14.8 Å². The number of piperidine rings is 1. The van der Waals surface area contributed by atoms with E-state index in [2.05, 4.69) is 10.3 Å². The third-order valence-corrected chi connectivity index (χ3v) is 5.00. The molecule has 1 saturated heterocycles. The highest BCUT2D eigenvalue weighted by molar-refractivity contribution is 5.74. The Balaban J connectivity index is 1.21. The normalized spacial score (nSPS) is 18.1. The first-order valence-corrected chi connectivity index (χ1v) is 9.70. The van der Waals surface area contributed by atoms with Gasteiger partial charge in [-0.25, -0.2) is 4.79 Å². The Labute approximate surface area is 164 Å². The van der Waals surface area contributed by atoms with Crippen LogP contribution in [0.4, 0.5) is 4.79 Å². The Morgan fingerprint density at radius 3 is 3.07 bits per heavy atom. The van der Waals surface area contributed by atoms with Gasteiger partial charge >= 0.3 is 6.03 Å². The number of benzene rings is 1. The minimum absolute atomic E-state index is 0.0320. The number of amides is 2. The van der Waals surface area contributed by atoms with Gasteiger partial charge in [-0.3, -0.25) is 4.98 Å². The molecule has 1 fully saturated rings. The first-order chi connectivity index (χ1) is 13.8. The van der Waals surface area contributed by atoms with Crippen LogP contribution in [0.3, 0.4) is 0 Å². The molecule has 1 atom stereocenters. The zero-order chi connectivity index (χ0) is 19.2. The van der Waals surface area contributed by atoms with E-state index in [1.54, 1.807) is 6.20 Å². The molecule has 0 bridgehead atoms. The monoisotopic (exact) mass is 383 g/mol. The highest BCUT2D eigenvalue weighted by atomic mass is 16.7. The van der Waals surface area contributed by atoms with Crippen molar-refractivity contribution in [1.29, 1.82) is 0 Å². The van der Waals surface area contributed by atoms with E-state index in [1.165, 1.54) is 0 Å². The maximum Gasteiger partial charge on any atom is 0.317 e. The van der Waals surface area contributed by atoms with Gasteiger partial charge in [0.25, 0.3) is 0 Å². The summed E-state index contributed by atoms with van der Waals surface area (Å²) in [4.78, 5) is 18.4. The van der Waals surface area contributed by atoms with Crippen molar-refractivity contribution in [3.63, 3.8) is 0 Å². The van der Waals surface area contributed by atoms with Gasteiger partial charge in [0, 0.05) is 32.0 Å². The fraction of sp³-hybridized carbons (Fsp3) is 0.429. The molecule has 0 saturated carbocycles. The summed E-state index contributed by atoms with van der Waals surface area (Å²) in [6.45, 7) is 2.77. The molecule has 7 heteroatoms. The van der Waals surface area contributed by atoms with E-state index in [0.717, 1.165) is 48.4 Å². The second-order valence-electron chi connectivity index (χ2n) is 7.05. The summed E-state index contributed by atoms with van der Waals surface area (Å²) in [5.41, 5.74) is 2.16. The van der Waals surface area contributed by atoms with E-state index >= 15 is 0 Å². The number of carbonyl (C=O) groups is 1. The molecule has 1 aromatic heterocycles. The van der Waals surface area contributed by atoms with E-state index in [4.69, 9.17) is 14.2 Å². The molecule has 0 aliphatic carbocycles. The number of hydrogen-bond acceptors (Lipinski definition) is 5. The fourth-order valence-electron chi connectivity index (χ4n) is 3.48. The second kappa shape index (κ2) is 8.93. The Hall–Kier alpha value is -2.80. The number of nitrogens with zero attached hydrogens (tertiary/aromatic N) is 2. The van der Waals surface area contributed by atoms with E-state index < -0.39 is 0 Å². The molecule has 7 nitrogen and oxygen atoms in total. The van der Waals surface area contributed by atoms with E-state index in [0.29, 0.717) is 19.7 Å². The van der Waals surface area contributed by atoms with Crippen molar-refractivity contribution in [3.8, 4) is 11.5 Å². The van der Waals surface area contributed by atoms with Gasteiger partial charge < -0.3 is 24.4 Å². The van der Waals surface area contributed by atoms with Crippen LogP contribution in [0.15, 0.2) is 42.7 Å². The highest BCUT2D eigenvalue weighted by Crippen LogP contribution is 2.32. The minimum atomic E-state index is -0.0320. The molecular formula is C21H25N3O4. The van der Waals surface area contributed by atoms with Gasteiger partial charge in [-0.15, -0.1) is 0 Å². The number of aromatic nitrogens is 1. The largest absolute Gasteiger partial charge is 0.454 e. The molecule has 4 rings (SSSR count). The standard InChI is InChI=1S/C21H25N3O4/c25-21(23-9-7-16-5-6-19-20(11-16)28-15-27-19)24-10-2-4-18(13-24)26-14-17-3-1-8-22-12-17/h1,3,5-6,8,11-12,18H,2,4,7,9-10,13-15H2,(H,23,25). The Bertz CT molecular complexity index is 799. The molecule has 0 spiro atoms. The molecule has 1 unspecified atom stereocenters. The Morgan fingerprint density at radius 1 is 1.25 bits per heavy atom. The molecule has 2 aliphatic rings. The average Bonchev–Trinajstić information content (AvgIpc) is 3.21. The van der Waals surface area contributed by atoms with Crippen LogP contribution in [-0.2, 0) is 17.8 Å². The van der Waals surface area contributed by atoms with Crippen molar-refractivity contribution in [2.24, 2.45) is 0 Å². The maximum absolute atomic E-state index is 12.5. The minimum Gasteiger partial charge on any atom is -0.454 e. The van der Waals surface area contributed by atoms with E-state index in [1.807, 2.05) is 41.4 Å². The zero-order valence-corrected chi connectivity index (χ0v) is 15.8. The van der Waals surface area contributed by atoms with Crippen LogP contribution in [0, 0.1) is 0 Å². The molecule has 0 radical (unpaired) electrons. The van der Waals surface area contributed by atoms with Crippen LogP contribution in [0.5, 0.6) is 11.5 Å². The van der Waals surface area contributed by atoms with Crippen LogP contribution in [-0.4, -0.2) is 48.4 Å². The molecule has 1 aromatic carbocycles. The molecule has 148 valence electrons. The van der Waals surface area contributed by atoms with Crippen molar-refractivity contribution in [2.75, 3.05) is 26.4 Å². The summed E-state index contributed by atoms with van der Waals surface area (Å²) in [5.74, 6) is 1.55. The van der Waals surface area contributed by atoms with Gasteiger partial charge in [-0.05, 0) is 48.6 Å². The number of rotatable bonds is 6. The number of nitrogens with one attached hydrogen (secondary N) is 1. The van der Waals surface area contributed by atoms with Gasteiger partial charge in [0.15, 0.2) is 11.5 Å². The van der Waals surface area contributed by atoms with Crippen molar-refractivity contribution in [1.82, 2.24) is 15.2 Å². The number of pyridine rings is 1. The van der Waals surface area contributed by atoms with Crippen molar-refractivity contribution in [2.45, 2.75) is 32.0 Å². The van der Waals surface area contributed by atoms with Crippen molar-refractivity contribution < 1.29 is 19.0 Å². The third-order valence-electron chi connectivity index (χ3n) is 5.00. The number of ether oxygens (including phenoxy) is 3. The summed E-state index contributed by atoms with van der Waals surface area (Å²) in [6.07, 6.45) is 6.29. The van der Waals surface area contributed by atoms with Gasteiger partial charge in [0.1, 0.15) is 0 Å². The van der Waals surface area contributed by atoms with E-state index in [-0.39, 0.29) is 18.9 Å². The lowest BCUT2D eigenvalue weighted by Gasteiger charge is -2.32. The maximum atomic E-state index is 12.5. The van der Waals surface area contributed by atoms with E-state index in [9.17, 15) is 4.79 Å². The van der Waals surface area contributed by atoms with Crippen molar-refractivity contribution >= 4 is 6.03 Å². The van der Waals surface area contributed by atoms with Crippen LogP contribution in [0.2, 0.25) is 0 Å². The zero-order valence-electron chi connectivity index (χ0n) is 15.8.